The van der Waals surface area contributed by atoms with Gasteiger partial charge in [0.2, 0.25) is 5.91 Å². The molecule has 1 aromatic rings. The van der Waals surface area contributed by atoms with Crippen molar-refractivity contribution < 1.29 is 9.53 Å². The maximum atomic E-state index is 12.0. The topological polar surface area (TPSA) is 64.4 Å². The van der Waals surface area contributed by atoms with Crippen LogP contribution in [0.15, 0.2) is 24.3 Å². The summed E-state index contributed by atoms with van der Waals surface area (Å²) in [4.78, 5) is 12.0. The number of nitrogens with two attached hydrogens (primary N) is 1. The Morgan fingerprint density at radius 1 is 1.48 bits per heavy atom. The smallest absolute Gasteiger partial charge is 0.249 e. The van der Waals surface area contributed by atoms with E-state index in [1.165, 1.54) is 11.1 Å². The van der Waals surface area contributed by atoms with Gasteiger partial charge in [-0.15, -0.1) is 12.4 Å². The quantitative estimate of drug-likeness (QED) is 0.875. The Balaban J connectivity index is 0.00000220. The summed E-state index contributed by atoms with van der Waals surface area (Å²) in [6.07, 6.45) is 1.36. The first-order valence-electron chi connectivity index (χ1n) is 7.30. The van der Waals surface area contributed by atoms with Gasteiger partial charge in [0.1, 0.15) is 6.10 Å². The molecule has 1 aromatic carbocycles. The number of rotatable bonds is 5. The summed E-state index contributed by atoms with van der Waals surface area (Å²) in [5.41, 5.74) is 8.04. The van der Waals surface area contributed by atoms with Gasteiger partial charge in [0.15, 0.2) is 0 Å². The zero-order valence-electron chi connectivity index (χ0n) is 12.7. The Morgan fingerprint density at radius 2 is 2.24 bits per heavy atom. The molecule has 5 heteroatoms. The van der Waals surface area contributed by atoms with Gasteiger partial charge in [-0.1, -0.05) is 36.8 Å². The third kappa shape index (κ3) is 4.99. The van der Waals surface area contributed by atoms with Gasteiger partial charge in [0.25, 0.3) is 0 Å². The zero-order valence-corrected chi connectivity index (χ0v) is 13.5. The minimum Gasteiger partial charge on any atom is -0.364 e. The summed E-state index contributed by atoms with van der Waals surface area (Å²) < 4.78 is 5.59. The molecule has 0 spiro atoms. The van der Waals surface area contributed by atoms with Crippen LogP contribution in [0.4, 0.5) is 0 Å². The van der Waals surface area contributed by atoms with Crippen LogP contribution >= 0.6 is 12.4 Å². The highest BCUT2D eigenvalue weighted by Crippen LogP contribution is 2.20. The Labute approximate surface area is 132 Å². The highest BCUT2D eigenvalue weighted by Gasteiger charge is 2.29. The van der Waals surface area contributed by atoms with Crippen LogP contribution in [-0.2, 0) is 9.53 Å². The fraction of sp³-hybridized carbons (Fsp3) is 0.562. The van der Waals surface area contributed by atoms with E-state index in [9.17, 15) is 4.79 Å². The lowest BCUT2D eigenvalue weighted by Gasteiger charge is -2.16. The van der Waals surface area contributed by atoms with Crippen molar-refractivity contribution in [3.05, 3.63) is 35.4 Å². The summed E-state index contributed by atoms with van der Waals surface area (Å²) in [5.74, 6) is 0.283. The molecule has 0 saturated carbocycles. The van der Waals surface area contributed by atoms with Crippen molar-refractivity contribution in [2.45, 2.75) is 44.8 Å². The largest absolute Gasteiger partial charge is 0.364 e. The molecular weight excluding hydrogens is 288 g/mol. The summed E-state index contributed by atoms with van der Waals surface area (Å²) in [6, 6.07) is 8.39. The molecule has 0 aliphatic carbocycles. The molecule has 0 radical (unpaired) electrons. The number of aryl methyl sites for hydroxylation is 1. The van der Waals surface area contributed by atoms with Gasteiger partial charge in [-0.25, -0.2) is 0 Å². The lowest BCUT2D eigenvalue weighted by atomic mass is 9.99. The number of halogens is 1. The lowest BCUT2D eigenvalue weighted by molar-refractivity contribution is -0.131. The van der Waals surface area contributed by atoms with Crippen molar-refractivity contribution in [1.82, 2.24) is 5.32 Å². The maximum absolute atomic E-state index is 12.0. The monoisotopic (exact) mass is 312 g/mol. The van der Waals surface area contributed by atoms with Crippen LogP contribution in [0.1, 0.15) is 36.8 Å². The van der Waals surface area contributed by atoms with E-state index < -0.39 is 0 Å². The SMILES string of the molecule is Cc1cccc(C(C)CNC(=O)[C@@H]2CC[C@H](CN)O2)c1.Cl. The first kappa shape index (κ1) is 18.0. The van der Waals surface area contributed by atoms with Crippen LogP contribution in [0.5, 0.6) is 0 Å². The number of hydrogen-bond donors (Lipinski definition) is 2. The third-order valence-corrected chi connectivity index (χ3v) is 3.86. The molecule has 118 valence electrons. The molecular formula is C16H25ClN2O2. The van der Waals surface area contributed by atoms with Gasteiger partial charge in [-0.05, 0) is 31.2 Å². The summed E-state index contributed by atoms with van der Waals surface area (Å²) >= 11 is 0. The van der Waals surface area contributed by atoms with Crippen LogP contribution < -0.4 is 11.1 Å². The van der Waals surface area contributed by atoms with Gasteiger partial charge in [-0.3, -0.25) is 4.79 Å². The van der Waals surface area contributed by atoms with E-state index in [0.29, 0.717) is 19.0 Å². The number of nitrogens with one attached hydrogen (secondary N) is 1. The predicted octanol–water partition coefficient (Wildman–Crippen LogP) is 2.14. The number of hydrogen-bond acceptors (Lipinski definition) is 3. The highest BCUT2D eigenvalue weighted by molar-refractivity contribution is 5.85. The second kappa shape index (κ2) is 8.37. The molecule has 3 atom stereocenters. The van der Waals surface area contributed by atoms with E-state index in [-0.39, 0.29) is 30.5 Å². The normalized spacial score (nSPS) is 22.4. The standard InChI is InChI=1S/C16H24N2O2.ClH/c1-11-4-3-5-13(8-11)12(2)10-18-16(19)15-7-6-14(9-17)20-15;/h3-5,8,12,14-15H,6-7,9-10,17H2,1-2H3,(H,18,19);1H/t12?,14-,15+;/m1./s1. The Morgan fingerprint density at radius 3 is 2.86 bits per heavy atom. The van der Waals surface area contributed by atoms with Crippen molar-refractivity contribution >= 4 is 18.3 Å². The second-order valence-corrected chi connectivity index (χ2v) is 5.62. The van der Waals surface area contributed by atoms with Crippen molar-refractivity contribution in [1.29, 1.82) is 0 Å². The molecule has 1 saturated heterocycles. The molecule has 1 aliphatic heterocycles. The minimum atomic E-state index is -0.326. The maximum Gasteiger partial charge on any atom is 0.249 e. The van der Waals surface area contributed by atoms with Gasteiger partial charge in [0.05, 0.1) is 6.10 Å². The van der Waals surface area contributed by atoms with Crippen LogP contribution in [0.2, 0.25) is 0 Å². The van der Waals surface area contributed by atoms with Crippen molar-refractivity contribution in [2.75, 3.05) is 13.1 Å². The molecule has 0 bridgehead atoms. The number of benzene rings is 1. The lowest BCUT2D eigenvalue weighted by Crippen LogP contribution is -2.37. The van der Waals surface area contributed by atoms with E-state index in [1.54, 1.807) is 0 Å². The Bertz CT molecular complexity index is 467. The first-order valence-corrected chi connectivity index (χ1v) is 7.30. The van der Waals surface area contributed by atoms with E-state index in [4.69, 9.17) is 10.5 Å². The first-order chi connectivity index (χ1) is 9.60. The van der Waals surface area contributed by atoms with E-state index in [2.05, 4.69) is 43.4 Å². The van der Waals surface area contributed by atoms with Crippen molar-refractivity contribution in [2.24, 2.45) is 5.73 Å². The Hall–Kier alpha value is -1.10. The molecule has 1 amide bonds. The predicted molar refractivity (Wildman–Crippen MR) is 86.8 cm³/mol. The van der Waals surface area contributed by atoms with Crippen molar-refractivity contribution in [3.63, 3.8) is 0 Å². The van der Waals surface area contributed by atoms with Crippen molar-refractivity contribution in [3.8, 4) is 0 Å². The summed E-state index contributed by atoms with van der Waals surface area (Å²) in [6.45, 7) is 5.32. The van der Waals surface area contributed by atoms with Crippen LogP contribution in [0.25, 0.3) is 0 Å². The molecule has 0 aromatic heterocycles. The molecule has 3 N–H and O–H groups in total. The fourth-order valence-electron chi connectivity index (χ4n) is 2.53. The van der Waals surface area contributed by atoms with Crippen LogP contribution in [0.3, 0.4) is 0 Å². The molecule has 1 unspecified atom stereocenters. The number of amides is 1. The fourth-order valence-corrected chi connectivity index (χ4v) is 2.53. The second-order valence-electron chi connectivity index (χ2n) is 5.62. The highest BCUT2D eigenvalue weighted by atomic mass is 35.5. The molecule has 4 nitrogen and oxygen atoms in total. The third-order valence-electron chi connectivity index (χ3n) is 3.86. The summed E-state index contributed by atoms with van der Waals surface area (Å²) in [5, 5.41) is 2.98. The number of carbonyl (C=O) groups excluding carboxylic acids is 1. The van der Waals surface area contributed by atoms with Gasteiger partial charge in [-0.2, -0.15) is 0 Å². The van der Waals surface area contributed by atoms with E-state index in [1.807, 2.05) is 0 Å². The molecule has 1 aliphatic rings. The van der Waals surface area contributed by atoms with Gasteiger partial charge < -0.3 is 15.8 Å². The van der Waals surface area contributed by atoms with E-state index in [0.717, 1.165) is 12.8 Å². The molecule has 2 rings (SSSR count). The van der Waals surface area contributed by atoms with Gasteiger partial charge in [0, 0.05) is 13.1 Å². The van der Waals surface area contributed by atoms with E-state index >= 15 is 0 Å². The summed E-state index contributed by atoms with van der Waals surface area (Å²) in [7, 11) is 0. The van der Waals surface area contributed by atoms with Gasteiger partial charge >= 0.3 is 0 Å². The minimum absolute atomic E-state index is 0. The zero-order chi connectivity index (χ0) is 14.5. The molecule has 21 heavy (non-hydrogen) atoms. The molecule has 1 fully saturated rings. The number of ether oxygens (including phenoxy) is 1. The molecule has 1 heterocycles. The average Bonchev–Trinajstić information content (AvgIpc) is 2.93. The average molecular weight is 313 g/mol. The van der Waals surface area contributed by atoms with Crippen LogP contribution in [-0.4, -0.2) is 31.2 Å². The number of carbonyl (C=O) groups is 1. The Kier molecular flexibility index (Phi) is 7.15. The van der Waals surface area contributed by atoms with Crippen LogP contribution in [0, 0.1) is 6.92 Å².